The zero-order valence-electron chi connectivity index (χ0n) is 23.5. The van der Waals surface area contributed by atoms with Crippen molar-refractivity contribution >= 4 is 17.7 Å². The third-order valence-electron chi connectivity index (χ3n) is 7.66. The van der Waals surface area contributed by atoms with Crippen LogP contribution in [-0.2, 0) is 25.2 Å². The van der Waals surface area contributed by atoms with E-state index in [0.717, 1.165) is 19.2 Å². The number of hydrogen-bond donors (Lipinski definition) is 1. The Labute approximate surface area is 241 Å². The lowest BCUT2D eigenvalue weighted by atomic mass is 9.80. The van der Waals surface area contributed by atoms with Gasteiger partial charge >= 0.3 is 18.1 Å². The quantitative estimate of drug-likeness (QED) is 0.252. The number of alkyl halides is 3. The van der Waals surface area contributed by atoms with Crippen LogP contribution in [0.25, 0.3) is 0 Å². The van der Waals surface area contributed by atoms with Crippen molar-refractivity contribution < 1.29 is 41.4 Å². The van der Waals surface area contributed by atoms with Crippen LogP contribution in [0, 0.1) is 11.7 Å². The predicted molar refractivity (Wildman–Crippen MR) is 146 cm³/mol. The molecule has 1 saturated heterocycles. The summed E-state index contributed by atoms with van der Waals surface area (Å²) in [7, 11) is 1.16. The number of methoxy groups -OCH3 is 1. The van der Waals surface area contributed by atoms with Gasteiger partial charge in [0.2, 0.25) is 0 Å². The molecular weight excluding hydrogens is 556 g/mol. The van der Waals surface area contributed by atoms with Crippen LogP contribution in [-0.4, -0.2) is 56.0 Å². The van der Waals surface area contributed by atoms with Gasteiger partial charge < -0.3 is 14.8 Å². The normalized spacial score (nSPS) is 18.5. The molecule has 0 aromatic heterocycles. The Morgan fingerprint density at radius 3 is 2.17 bits per heavy atom. The van der Waals surface area contributed by atoms with Crippen molar-refractivity contribution in [1.29, 1.82) is 0 Å². The summed E-state index contributed by atoms with van der Waals surface area (Å²) >= 11 is 0. The highest BCUT2D eigenvalue weighted by Crippen LogP contribution is 2.41. The summed E-state index contributed by atoms with van der Waals surface area (Å²) in [4.78, 5) is 40.9. The maximum Gasteiger partial charge on any atom is 0.416 e. The Morgan fingerprint density at radius 1 is 0.952 bits per heavy atom. The highest BCUT2D eigenvalue weighted by Gasteiger charge is 2.39. The molecule has 1 N–H and O–H groups in total. The molecule has 224 valence electrons. The molecule has 1 unspecified atom stereocenters. The first-order chi connectivity index (χ1) is 19.9. The number of allylic oxidation sites excluding steroid dienone is 2. The first-order valence-electron chi connectivity index (χ1n) is 13.5. The topological polar surface area (TPSA) is 84.9 Å². The molecular formula is C31H32F4N2O5. The average molecular weight is 589 g/mol. The molecule has 2 aliphatic rings. The van der Waals surface area contributed by atoms with Gasteiger partial charge in [0.1, 0.15) is 12.4 Å². The fourth-order valence-electron chi connectivity index (χ4n) is 5.49. The van der Waals surface area contributed by atoms with Crippen LogP contribution in [0.4, 0.5) is 17.6 Å². The Balaban J connectivity index is 1.44. The van der Waals surface area contributed by atoms with Crippen molar-refractivity contribution in [1.82, 2.24) is 10.2 Å². The van der Waals surface area contributed by atoms with Gasteiger partial charge in [-0.05, 0) is 75.7 Å². The molecule has 2 aromatic rings. The first kappa shape index (κ1) is 31.0. The number of benzene rings is 2. The van der Waals surface area contributed by atoms with Gasteiger partial charge in [-0.3, -0.25) is 9.69 Å². The standard InChI is InChI=1S/C31H32F4N2O5/c1-18-25(29(39)41-3)27(22-5-4-6-23(17-22)31(33,34)35)26(19(2)36-18)30(40)42-16-15-37-13-11-21(12-14-37)28(38)20-7-9-24(32)10-8-20/h4-10,17,21,27,36H,11-16H2,1-3H3. The number of nitrogens with one attached hydrogen (secondary N) is 1. The Hall–Kier alpha value is -3.99. The zero-order chi connectivity index (χ0) is 30.6. The number of ketones is 1. The Morgan fingerprint density at radius 2 is 1.57 bits per heavy atom. The van der Waals surface area contributed by atoms with Crippen LogP contribution in [0.5, 0.6) is 0 Å². The van der Waals surface area contributed by atoms with E-state index in [1.807, 2.05) is 0 Å². The summed E-state index contributed by atoms with van der Waals surface area (Å²) in [5.41, 5.74) is 0.409. The van der Waals surface area contributed by atoms with Crippen molar-refractivity contribution in [2.45, 2.75) is 38.8 Å². The van der Waals surface area contributed by atoms with Gasteiger partial charge in [-0.15, -0.1) is 0 Å². The number of ether oxygens (including phenoxy) is 2. The molecule has 0 amide bonds. The number of likely N-dealkylation sites (tertiary alicyclic amines) is 1. The second-order valence-corrected chi connectivity index (χ2v) is 10.4. The number of carbonyl (C=O) groups is 3. The van der Waals surface area contributed by atoms with E-state index in [9.17, 15) is 31.9 Å². The number of hydrogen-bond acceptors (Lipinski definition) is 7. The lowest BCUT2D eigenvalue weighted by molar-refractivity contribution is -0.140. The van der Waals surface area contributed by atoms with Gasteiger partial charge in [0.15, 0.2) is 5.78 Å². The smallest absolute Gasteiger partial charge is 0.416 e. The van der Waals surface area contributed by atoms with E-state index in [0.29, 0.717) is 49.4 Å². The van der Waals surface area contributed by atoms with Gasteiger partial charge in [-0.1, -0.05) is 18.2 Å². The van der Waals surface area contributed by atoms with Crippen molar-refractivity contribution in [2.24, 2.45) is 5.92 Å². The molecule has 0 aliphatic carbocycles. The molecule has 2 heterocycles. The van der Waals surface area contributed by atoms with E-state index >= 15 is 0 Å². The highest BCUT2D eigenvalue weighted by atomic mass is 19.4. The lowest BCUT2D eigenvalue weighted by Gasteiger charge is -2.32. The van der Waals surface area contributed by atoms with Crippen LogP contribution in [0.1, 0.15) is 54.1 Å². The Bertz CT molecular complexity index is 1410. The number of dihydropyridines is 1. The molecule has 1 fully saturated rings. The fourth-order valence-corrected chi connectivity index (χ4v) is 5.49. The lowest BCUT2D eigenvalue weighted by Crippen LogP contribution is -2.39. The monoisotopic (exact) mass is 588 g/mol. The summed E-state index contributed by atoms with van der Waals surface area (Å²) in [6.45, 7) is 4.76. The number of esters is 2. The number of rotatable bonds is 8. The molecule has 7 nitrogen and oxygen atoms in total. The highest BCUT2D eigenvalue weighted by molar-refractivity contribution is 6.00. The van der Waals surface area contributed by atoms with E-state index in [1.54, 1.807) is 13.8 Å². The maximum atomic E-state index is 13.5. The summed E-state index contributed by atoms with van der Waals surface area (Å²) in [6.07, 6.45) is -3.42. The Kier molecular flexibility index (Phi) is 9.50. The molecule has 0 bridgehead atoms. The van der Waals surface area contributed by atoms with E-state index in [2.05, 4.69) is 10.2 Å². The van der Waals surface area contributed by atoms with Gasteiger partial charge in [0.25, 0.3) is 0 Å². The van der Waals surface area contributed by atoms with Gasteiger partial charge in [0, 0.05) is 29.4 Å². The summed E-state index contributed by atoms with van der Waals surface area (Å²) in [5.74, 6) is -3.30. The number of nitrogens with zero attached hydrogens (tertiary/aromatic N) is 1. The summed E-state index contributed by atoms with van der Waals surface area (Å²) in [6, 6.07) is 9.99. The number of carbonyl (C=O) groups excluding carboxylic acids is 3. The zero-order valence-corrected chi connectivity index (χ0v) is 23.5. The summed E-state index contributed by atoms with van der Waals surface area (Å²) < 4.78 is 64.2. The minimum atomic E-state index is -4.62. The number of piperidine rings is 1. The average Bonchev–Trinajstić information content (AvgIpc) is 2.96. The second kappa shape index (κ2) is 12.9. The molecule has 2 aliphatic heterocycles. The molecule has 2 aromatic carbocycles. The number of Topliss-reactive ketones (excluding diaryl/α,β-unsaturated/α-hetero) is 1. The predicted octanol–water partition coefficient (Wildman–Crippen LogP) is 5.39. The maximum absolute atomic E-state index is 13.5. The molecule has 4 rings (SSSR count). The van der Waals surface area contributed by atoms with Gasteiger partial charge in [-0.2, -0.15) is 13.2 Å². The number of halogens is 4. The van der Waals surface area contributed by atoms with Crippen LogP contribution in [0.3, 0.4) is 0 Å². The SMILES string of the molecule is COC(=O)C1=C(C)NC(C)=C(C(=O)OCCN2CCC(C(=O)c3ccc(F)cc3)CC2)C1c1cccc(C(F)(F)F)c1. The molecule has 11 heteroatoms. The molecule has 0 saturated carbocycles. The van der Waals surface area contributed by atoms with E-state index in [4.69, 9.17) is 9.47 Å². The minimum absolute atomic E-state index is 0.00223. The van der Waals surface area contributed by atoms with Crippen molar-refractivity contribution in [2.75, 3.05) is 33.4 Å². The third kappa shape index (κ3) is 6.89. The molecule has 0 radical (unpaired) electrons. The minimum Gasteiger partial charge on any atom is -0.466 e. The van der Waals surface area contributed by atoms with Crippen molar-refractivity contribution in [3.63, 3.8) is 0 Å². The van der Waals surface area contributed by atoms with Crippen LogP contribution in [0.2, 0.25) is 0 Å². The fraction of sp³-hybridized carbons (Fsp3) is 0.387. The van der Waals surface area contributed by atoms with Gasteiger partial charge in [0.05, 0.1) is 29.7 Å². The molecule has 0 spiro atoms. The summed E-state index contributed by atoms with van der Waals surface area (Å²) in [5, 5.41) is 2.96. The van der Waals surface area contributed by atoms with Crippen LogP contribution >= 0.6 is 0 Å². The molecule has 1 atom stereocenters. The van der Waals surface area contributed by atoms with Crippen LogP contribution in [0.15, 0.2) is 71.1 Å². The first-order valence-corrected chi connectivity index (χ1v) is 13.5. The van der Waals surface area contributed by atoms with E-state index in [-0.39, 0.29) is 35.0 Å². The van der Waals surface area contributed by atoms with Gasteiger partial charge in [-0.25, -0.2) is 14.0 Å². The molecule has 42 heavy (non-hydrogen) atoms. The largest absolute Gasteiger partial charge is 0.466 e. The van der Waals surface area contributed by atoms with Crippen molar-refractivity contribution in [3.05, 3.63) is 93.6 Å². The second-order valence-electron chi connectivity index (χ2n) is 10.4. The van der Waals surface area contributed by atoms with E-state index in [1.165, 1.54) is 36.4 Å². The van der Waals surface area contributed by atoms with E-state index < -0.39 is 35.4 Å². The van der Waals surface area contributed by atoms with Crippen molar-refractivity contribution in [3.8, 4) is 0 Å². The van der Waals surface area contributed by atoms with Crippen LogP contribution < -0.4 is 5.32 Å². The third-order valence-corrected chi connectivity index (χ3v) is 7.66.